The van der Waals surface area contributed by atoms with Crippen LogP contribution in [0.2, 0.25) is 5.02 Å². The van der Waals surface area contributed by atoms with E-state index >= 15 is 0 Å². The highest BCUT2D eigenvalue weighted by Crippen LogP contribution is 2.39. The van der Waals surface area contributed by atoms with E-state index in [9.17, 15) is 8.78 Å². The normalized spacial score (nSPS) is 14.9. The Morgan fingerprint density at radius 3 is 2.65 bits per heavy atom. The molecule has 0 bridgehead atoms. The largest absolute Gasteiger partial charge is 0.481 e. The van der Waals surface area contributed by atoms with Gasteiger partial charge in [0.25, 0.3) is 6.43 Å². The molecule has 1 unspecified atom stereocenters. The molecule has 3 aromatic rings. The number of imidazole rings is 1. The maximum Gasteiger partial charge on any atom is 0.261 e. The number of alkyl halides is 2. The van der Waals surface area contributed by atoms with Gasteiger partial charge in [-0.25, -0.2) is 18.7 Å². The Kier molecular flexibility index (Phi) is 6.29. The van der Waals surface area contributed by atoms with Gasteiger partial charge in [0.1, 0.15) is 12.1 Å². The van der Waals surface area contributed by atoms with E-state index in [1.807, 2.05) is 32.0 Å². The molecule has 1 aliphatic heterocycles. The summed E-state index contributed by atoms with van der Waals surface area (Å²) in [6.07, 6.45) is -1.52. The van der Waals surface area contributed by atoms with Crippen molar-refractivity contribution in [1.82, 2.24) is 14.5 Å². The zero-order valence-corrected chi connectivity index (χ0v) is 18.5. The lowest BCUT2D eigenvalue weighted by Crippen LogP contribution is -2.29. The summed E-state index contributed by atoms with van der Waals surface area (Å²) in [5, 5.41) is 0.522. The van der Waals surface area contributed by atoms with Gasteiger partial charge in [-0.15, -0.1) is 0 Å². The highest BCUT2D eigenvalue weighted by molar-refractivity contribution is 6.35. The Hall–Kier alpha value is -2.45. The van der Waals surface area contributed by atoms with Gasteiger partial charge in [0.2, 0.25) is 11.8 Å². The molecule has 0 saturated heterocycles. The molecule has 3 heterocycles. The molecule has 31 heavy (non-hydrogen) atoms. The second-order valence-corrected chi connectivity index (χ2v) is 7.89. The zero-order chi connectivity index (χ0) is 22.1. The minimum absolute atomic E-state index is 0.464. The van der Waals surface area contributed by atoms with E-state index in [-0.39, 0.29) is 0 Å². The van der Waals surface area contributed by atoms with E-state index in [0.29, 0.717) is 22.8 Å². The van der Waals surface area contributed by atoms with Crippen molar-refractivity contribution in [3.05, 3.63) is 40.5 Å². The number of anilines is 2. The molecule has 0 saturated carbocycles. The number of halogens is 3. The summed E-state index contributed by atoms with van der Waals surface area (Å²) in [6, 6.07) is 7.42. The maximum absolute atomic E-state index is 12.8. The number of benzene rings is 1. The van der Waals surface area contributed by atoms with E-state index in [4.69, 9.17) is 26.1 Å². The quantitative estimate of drug-likeness (QED) is 0.463. The Bertz CT molecular complexity index is 1090. The molecule has 0 aliphatic carbocycles. The van der Waals surface area contributed by atoms with Crippen molar-refractivity contribution in [1.29, 1.82) is 0 Å². The topological polar surface area (TPSA) is 52.4 Å². The van der Waals surface area contributed by atoms with E-state index in [0.717, 1.165) is 47.9 Å². The average molecular weight is 451 g/mol. The van der Waals surface area contributed by atoms with Gasteiger partial charge in [-0.2, -0.15) is 0 Å². The number of aryl methyl sites for hydroxylation is 2. The van der Waals surface area contributed by atoms with E-state index in [2.05, 4.69) is 14.5 Å². The van der Waals surface area contributed by atoms with Crippen molar-refractivity contribution in [2.24, 2.45) is 0 Å². The minimum atomic E-state index is -2.52. The van der Waals surface area contributed by atoms with E-state index in [1.54, 1.807) is 13.2 Å². The van der Waals surface area contributed by atoms with Crippen molar-refractivity contribution in [2.75, 3.05) is 25.2 Å². The Labute approximate surface area is 184 Å². The van der Waals surface area contributed by atoms with Crippen molar-refractivity contribution in [3.8, 4) is 5.88 Å². The van der Waals surface area contributed by atoms with Crippen LogP contribution in [0.5, 0.6) is 5.88 Å². The fraction of sp³-hybridized carbons (Fsp3) is 0.455. The first-order valence-electron chi connectivity index (χ1n) is 10.3. The molecule has 6 nitrogen and oxygen atoms in total. The van der Waals surface area contributed by atoms with E-state index < -0.39 is 19.1 Å². The molecule has 0 radical (unpaired) electrons. The standard InChI is InChI=1S/C22H25ClF2N4O2/c1-4-17(31-12-18(24)25)14-6-7-15(23)20-21(14)29-11-5-10-28(22(29)27-20)16-8-9-19(30-3)26-13(16)2/h6-9,17-18H,4-5,10-12H2,1-3H3. The monoisotopic (exact) mass is 450 g/mol. The summed E-state index contributed by atoms with van der Waals surface area (Å²) in [5.41, 5.74) is 4.09. The van der Waals surface area contributed by atoms with Crippen LogP contribution in [0.3, 0.4) is 0 Å². The number of nitrogens with zero attached hydrogens (tertiary/aromatic N) is 4. The van der Waals surface area contributed by atoms with Gasteiger partial charge in [-0.05, 0) is 31.9 Å². The summed E-state index contributed by atoms with van der Waals surface area (Å²) in [6.45, 7) is 4.78. The molecule has 4 rings (SSSR count). The van der Waals surface area contributed by atoms with Crippen LogP contribution < -0.4 is 9.64 Å². The second-order valence-electron chi connectivity index (χ2n) is 7.48. The van der Waals surface area contributed by atoms with Gasteiger partial charge in [0.15, 0.2) is 0 Å². The molecule has 166 valence electrons. The molecular weight excluding hydrogens is 426 g/mol. The number of fused-ring (bicyclic) bond motifs is 3. The van der Waals surface area contributed by atoms with Crippen molar-refractivity contribution in [3.63, 3.8) is 0 Å². The molecule has 2 aromatic heterocycles. The van der Waals surface area contributed by atoms with Crippen molar-refractivity contribution < 1.29 is 18.3 Å². The van der Waals surface area contributed by atoms with Crippen molar-refractivity contribution >= 4 is 34.3 Å². The third-order valence-corrected chi connectivity index (χ3v) is 5.84. The maximum atomic E-state index is 12.8. The summed E-state index contributed by atoms with van der Waals surface area (Å²) in [4.78, 5) is 11.5. The first kappa shape index (κ1) is 21.8. The van der Waals surface area contributed by atoms with Crippen LogP contribution in [0.4, 0.5) is 20.4 Å². The molecule has 0 amide bonds. The lowest BCUT2D eigenvalue weighted by atomic mass is 10.0. The van der Waals surface area contributed by atoms with Crippen LogP contribution in [-0.4, -0.2) is 41.2 Å². The summed E-state index contributed by atoms with van der Waals surface area (Å²) >= 11 is 6.50. The molecule has 1 aliphatic rings. The Balaban J connectivity index is 1.83. The molecule has 1 aromatic carbocycles. The Morgan fingerprint density at radius 2 is 1.97 bits per heavy atom. The summed E-state index contributed by atoms with van der Waals surface area (Å²) in [7, 11) is 1.59. The van der Waals surface area contributed by atoms with Gasteiger partial charge in [0.05, 0.1) is 35.1 Å². The Morgan fingerprint density at radius 1 is 1.16 bits per heavy atom. The smallest absolute Gasteiger partial charge is 0.261 e. The predicted octanol–water partition coefficient (Wildman–Crippen LogP) is 5.68. The second kappa shape index (κ2) is 8.96. The first-order chi connectivity index (χ1) is 14.9. The van der Waals surface area contributed by atoms with Crippen LogP contribution in [0.1, 0.15) is 37.1 Å². The lowest BCUT2D eigenvalue weighted by Gasteiger charge is -2.30. The predicted molar refractivity (Wildman–Crippen MR) is 117 cm³/mol. The number of pyridine rings is 1. The fourth-order valence-corrected chi connectivity index (χ4v) is 4.35. The molecule has 0 fully saturated rings. The van der Waals surface area contributed by atoms with Gasteiger partial charge < -0.3 is 18.9 Å². The number of methoxy groups -OCH3 is 1. The highest BCUT2D eigenvalue weighted by Gasteiger charge is 2.28. The minimum Gasteiger partial charge on any atom is -0.481 e. The van der Waals surface area contributed by atoms with Crippen LogP contribution in [-0.2, 0) is 11.3 Å². The third-order valence-electron chi connectivity index (χ3n) is 5.53. The summed E-state index contributed by atoms with van der Waals surface area (Å²) < 4.78 is 38.4. The highest BCUT2D eigenvalue weighted by atomic mass is 35.5. The molecule has 0 N–H and O–H groups in total. The molecule has 9 heteroatoms. The number of ether oxygens (including phenoxy) is 2. The number of hydrogen-bond donors (Lipinski definition) is 0. The molecule has 1 atom stereocenters. The lowest BCUT2D eigenvalue weighted by molar-refractivity contribution is -0.0261. The van der Waals surface area contributed by atoms with Crippen LogP contribution in [0, 0.1) is 6.92 Å². The van der Waals surface area contributed by atoms with Gasteiger partial charge in [-0.1, -0.05) is 24.6 Å². The SMILES string of the molecule is CCC(OCC(F)F)c1ccc(Cl)c2nc3n(c12)CCCN3c1ccc(OC)nc1C. The first-order valence-corrected chi connectivity index (χ1v) is 10.7. The average Bonchev–Trinajstić information content (AvgIpc) is 3.16. The van der Waals surface area contributed by atoms with Gasteiger partial charge in [0, 0.05) is 24.7 Å². The van der Waals surface area contributed by atoms with Crippen LogP contribution >= 0.6 is 11.6 Å². The molecular formula is C22H25ClF2N4O2. The fourth-order valence-electron chi connectivity index (χ4n) is 4.16. The number of aromatic nitrogens is 3. The van der Waals surface area contributed by atoms with Gasteiger partial charge >= 0.3 is 0 Å². The van der Waals surface area contributed by atoms with E-state index in [1.165, 1.54) is 0 Å². The zero-order valence-electron chi connectivity index (χ0n) is 17.7. The number of rotatable bonds is 7. The molecule has 0 spiro atoms. The summed E-state index contributed by atoms with van der Waals surface area (Å²) in [5.74, 6) is 1.31. The number of hydrogen-bond acceptors (Lipinski definition) is 5. The van der Waals surface area contributed by atoms with Gasteiger partial charge in [-0.3, -0.25) is 0 Å². The van der Waals surface area contributed by atoms with Crippen molar-refractivity contribution in [2.45, 2.75) is 45.8 Å². The van der Waals surface area contributed by atoms with Crippen LogP contribution in [0.25, 0.3) is 11.0 Å². The van der Waals surface area contributed by atoms with Crippen LogP contribution in [0.15, 0.2) is 24.3 Å². The third kappa shape index (κ3) is 4.06.